The highest BCUT2D eigenvalue weighted by atomic mass is 32.1. The third-order valence-electron chi connectivity index (χ3n) is 3.94. The molecule has 0 aliphatic carbocycles. The average Bonchev–Trinajstić information content (AvgIpc) is 3.21. The average molecular weight is 391 g/mol. The number of rotatable bonds is 6. The molecule has 1 unspecified atom stereocenters. The van der Waals surface area contributed by atoms with Crippen molar-refractivity contribution in [3.63, 3.8) is 0 Å². The summed E-state index contributed by atoms with van der Waals surface area (Å²) in [6.07, 6.45) is 3.29. The predicted octanol–water partition coefficient (Wildman–Crippen LogP) is 3.48. The largest absolute Gasteiger partial charge is 0.480 e. The number of anilines is 1. The molecule has 142 valence electrons. The zero-order valence-corrected chi connectivity index (χ0v) is 15.5. The molecule has 1 atom stereocenters. The fourth-order valence-electron chi connectivity index (χ4n) is 2.65. The van der Waals surface area contributed by atoms with Crippen molar-refractivity contribution in [3.05, 3.63) is 30.3 Å². The molecule has 3 aromatic rings. The number of urea groups is 1. The number of hydrogen-bond donors (Lipinski definition) is 3. The molecule has 0 spiro atoms. The predicted molar refractivity (Wildman–Crippen MR) is 100 cm³/mol. The van der Waals surface area contributed by atoms with Crippen LogP contribution in [-0.2, 0) is 4.79 Å². The quantitative estimate of drug-likeness (QED) is 0.596. The number of carbonyl (C=O) groups is 2. The number of hydrogen-bond acceptors (Lipinski definition) is 5. The Bertz CT molecular complexity index is 1000. The molecule has 0 saturated carbocycles. The fraction of sp³-hybridized carbons (Fsp3) is 0.294. The molecule has 0 aliphatic heterocycles. The summed E-state index contributed by atoms with van der Waals surface area (Å²) in [4.78, 5) is 27.2. The van der Waals surface area contributed by atoms with Crippen molar-refractivity contribution in [2.24, 2.45) is 0 Å². The smallest absolute Gasteiger partial charge is 0.328 e. The molecular weight excluding hydrogens is 373 g/mol. The van der Waals surface area contributed by atoms with Crippen LogP contribution in [-0.4, -0.2) is 38.4 Å². The number of nitrogens with zero attached hydrogens (tertiary/aromatic N) is 3. The molecule has 0 fully saturated rings. The highest BCUT2D eigenvalue weighted by Crippen LogP contribution is 2.32. The van der Waals surface area contributed by atoms with Crippen LogP contribution in [0.3, 0.4) is 0 Å². The molecule has 0 radical (unpaired) electrons. The highest BCUT2D eigenvalue weighted by molar-refractivity contribution is 7.22. The van der Waals surface area contributed by atoms with Crippen LogP contribution >= 0.6 is 11.3 Å². The number of amides is 2. The van der Waals surface area contributed by atoms with E-state index in [-0.39, 0.29) is 11.6 Å². The zero-order valence-electron chi connectivity index (χ0n) is 14.7. The van der Waals surface area contributed by atoms with Gasteiger partial charge in [-0.25, -0.2) is 19.0 Å². The third-order valence-corrected chi connectivity index (χ3v) is 4.87. The molecule has 2 aromatic heterocycles. The zero-order chi connectivity index (χ0) is 19.6. The Kier molecular flexibility index (Phi) is 5.36. The van der Waals surface area contributed by atoms with Gasteiger partial charge in [-0.1, -0.05) is 18.3 Å². The number of aromatic nitrogens is 3. The third kappa shape index (κ3) is 3.90. The number of carboxylic acids is 1. The van der Waals surface area contributed by atoms with Crippen molar-refractivity contribution < 1.29 is 19.1 Å². The van der Waals surface area contributed by atoms with Gasteiger partial charge in [0.15, 0.2) is 5.13 Å². The maximum atomic E-state index is 14.6. The maximum absolute atomic E-state index is 14.6. The highest BCUT2D eigenvalue weighted by Gasteiger charge is 2.20. The van der Waals surface area contributed by atoms with Gasteiger partial charge in [0.2, 0.25) is 0 Å². The summed E-state index contributed by atoms with van der Waals surface area (Å²) in [5.74, 6) is -1.47. The van der Waals surface area contributed by atoms with Gasteiger partial charge >= 0.3 is 12.0 Å². The minimum absolute atomic E-state index is 0.267. The lowest BCUT2D eigenvalue weighted by molar-refractivity contribution is -0.141. The second kappa shape index (κ2) is 7.70. The van der Waals surface area contributed by atoms with E-state index in [9.17, 15) is 19.1 Å². The first-order valence-electron chi connectivity index (χ1n) is 8.35. The van der Waals surface area contributed by atoms with E-state index in [0.717, 1.165) is 0 Å². The first-order valence-corrected chi connectivity index (χ1v) is 9.16. The molecule has 2 amide bonds. The first-order chi connectivity index (χ1) is 12.9. The first kappa shape index (κ1) is 18.8. The monoisotopic (exact) mass is 391 g/mol. The van der Waals surface area contributed by atoms with E-state index < -0.39 is 17.8 Å². The Labute approximate surface area is 158 Å². The van der Waals surface area contributed by atoms with Crippen molar-refractivity contribution >= 4 is 38.7 Å². The van der Waals surface area contributed by atoms with Gasteiger partial charge in [0, 0.05) is 23.9 Å². The summed E-state index contributed by atoms with van der Waals surface area (Å²) in [5.41, 5.74) is 1.26. The standard InChI is InChI=1S/C17H18FN5O3S/c1-3-13(15(24)25)23-8-9(7-20-23)10-5-12-14(6-11(10)18)27-17(21-12)22-16(26)19-4-2/h5-8,13H,3-4H2,1-2H3,(H,24,25)(H2,19,21,22,26). The Morgan fingerprint density at radius 2 is 2.15 bits per heavy atom. The van der Waals surface area contributed by atoms with Crippen LogP contribution in [0.15, 0.2) is 24.5 Å². The van der Waals surface area contributed by atoms with E-state index in [1.807, 2.05) is 0 Å². The van der Waals surface area contributed by atoms with Gasteiger partial charge in [-0.3, -0.25) is 10.00 Å². The number of aliphatic carboxylic acids is 1. The number of halogens is 1. The summed E-state index contributed by atoms with van der Waals surface area (Å²) < 4.78 is 16.5. The molecular formula is C17H18FN5O3S. The van der Waals surface area contributed by atoms with Crippen molar-refractivity contribution in [2.75, 3.05) is 11.9 Å². The van der Waals surface area contributed by atoms with E-state index in [1.54, 1.807) is 19.9 Å². The molecule has 0 aliphatic rings. The minimum atomic E-state index is -0.997. The summed E-state index contributed by atoms with van der Waals surface area (Å²) in [7, 11) is 0. The Hall–Kier alpha value is -3.01. The van der Waals surface area contributed by atoms with Crippen molar-refractivity contribution in [1.29, 1.82) is 0 Å². The second-order valence-electron chi connectivity index (χ2n) is 5.77. The molecule has 2 heterocycles. The minimum Gasteiger partial charge on any atom is -0.480 e. The van der Waals surface area contributed by atoms with Gasteiger partial charge in [0.05, 0.1) is 16.4 Å². The molecule has 0 bridgehead atoms. The van der Waals surface area contributed by atoms with E-state index in [4.69, 9.17) is 0 Å². The van der Waals surface area contributed by atoms with Crippen LogP contribution in [0.5, 0.6) is 0 Å². The number of thiazole rings is 1. The van der Waals surface area contributed by atoms with E-state index in [1.165, 1.54) is 34.5 Å². The molecule has 3 N–H and O–H groups in total. The van der Waals surface area contributed by atoms with Gasteiger partial charge < -0.3 is 10.4 Å². The normalized spacial score (nSPS) is 12.1. The van der Waals surface area contributed by atoms with Crippen molar-refractivity contribution in [3.8, 4) is 11.1 Å². The maximum Gasteiger partial charge on any atom is 0.328 e. The van der Waals surface area contributed by atoms with Crippen LogP contribution in [0.25, 0.3) is 21.3 Å². The lowest BCUT2D eigenvalue weighted by atomic mass is 10.1. The number of nitrogens with one attached hydrogen (secondary N) is 2. The summed E-state index contributed by atoms with van der Waals surface area (Å²) in [6, 6.07) is 1.72. The van der Waals surface area contributed by atoms with Gasteiger partial charge in [-0.05, 0) is 25.5 Å². The Morgan fingerprint density at radius 3 is 2.81 bits per heavy atom. The number of fused-ring (bicyclic) bond motifs is 1. The summed E-state index contributed by atoms with van der Waals surface area (Å²) in [5, 5.41) is 18.9. The Balaban J connectivity index is 1.93. The van der Waals surface area contributed by atoms with Crippen molar-refractivity contribution in [1.82, 2.24) is 20.1 Å². The number of carboxylic acid groups (broad SMARTS) is 1. The van der Waals surface area contributed by atoms with Gasteiger partial charge in [0.1, 0.15) is 11.9 Å². The number of carbonyl (C=O) groups excluding carboxylic acids is 1. The topological polar surface area (TPSA) is 109 Å². The molecule has 27 heavy (non-hydrogen) atoms. The molecule has 0 saturated heterocycles. The van der Waals surface area contributed by atoms with Crippen LogP contribution in [0.4, 0.5) is 14.3 Å². The van der Waals surface area contributed by atoms with Crippen molar-refractivity contribution in [2.45, 2.75) is 26.3 Å². The summed E-state index contributed by atoms with van der Waals surface area (Å²) >= 11 is 1.17. The second-order valence-corrected chi connectivity index (χ2v) is 6.81. The van der Waals surface area contributed by atoms with Gasteiger partial charge in [-0.2, -0.15) is 5.10 Å². The lowest BCUT2D eigenvalue weighted by Crippen LogP contribution is -2.28. The van der Waals surface area contributed by atoms with Gasteiger partial charge in [-0.15, -0.1) is 0 Å². The summed E-state index contributed by atoms with van der Waals surface area (Å²) in [6.45, 7) is 4.02. The fourth-order valence-corrected chi connectivity index (χ4v) is 3.52. The molecule has 1 aromatic carbocycles. The molecule has 3 rings (SSSR count). The van der Waals surface area contributed by atoms with E-state index >= 15 is 0 Å². The van der Waals surface area contributed by atoms with E-state index in [0.29, 0.717) is 33.9 Å². The van der Waals surface area contributed by atoms with Crippen LogP contribution in [0.2, 0.25) is 0 Å². The van der Waals surface area contributed by atoms with Crippen LogP contribution < -0.4 is 10.6 Å². The van der Waals surface area contributed by atoms with Crippen LogP contribution in [0.1, 0.15) is 26.3 Å². The lowest BCUT2D eigenvalue weighted by Gasteiger charge is -2.09. The Morgan fingerprint density at radius 1 is 1.37 bits per heavy atom. The van der Waals surface area contributed by atoms with Crippen LogP contribution in [0, 0.1) is 5.82 Å². The SMILES string of the molecule is CCNC(=O)Nc1nc2cc(-c3cnn(C(CC)C(=O)O)c3)c(F)cc2s1. The van der Waals surface area contributed by atoms with E-state index in [2.05, 4.69) is 20.7 Å². The molecule has 8 nitrogen and oxygen atoms in total. The number of benzene rings is 1. The van der Waals surface area contributed by atoms with Gasteiger partial charge in [0.25, 0.3) is 0 Å². The molecule has 10 heteroatoms.